The first kappa shape index (κ1) is 13.6. The van der Waals surface area contributed by atoms with E-state index in [1.165, 1.54) is 38.6 Å². The predicted octanol–water partition coefficient (Wildman–Crippen LogP) is 3.81. The van der Waals surface area contributed by atoms with Crippen molar-refractivity contribution in [2.75, 3.05) is 13.1 Å². The number of hydrogen-bond acceptors (Lipinski definition) is 3. The van der Waals surface area contributed by atoms with Crippen LogP contribution < -0.4 is 5.32 Å². The molecule has 2 nitrogen and oxygen atoms in total. The molecular formula is C16H26N2S. The van der Waals surface area contributed by atoms with Gasteiger partial charge >= 0.3 is 0 Å². The number of nitrogens with one attached hydrogen (secondary N) is 1. The number of rotatable bonds is 3. The lowest BCUT2D eigenvalue weighted by Gasteiger charge is -2.48. The lowest BCUT2D eigenvalue weighted by Crippen LogP contribution is -2.62. The standard InChI is InChI=1S/C16H26N2S/c1-3-14(15-7-6-10-19-15)18-12-16(8-4-5-9-16)17-11-13(18)2/h6-7,10,13-14,17H,3-5,8-9,11-12H2,1-2H3. The second-order valence-corrected chi connectivity index (χ2v) is 7.31. The lowest BCUT2D eigenvalue weighted by molar-refractivity contribution is 0.0494. The van der Waals surface area contributed by atoms with Gasteiger partial charge in [-0.25, -0.2) is 0 Å². The Balaban J connectivity index is 1.80. The lowest BCUT2D eigenvalue weighted by atomic mass is 9.91. The van der Waals surface area contributed by atoms with Gasteiger partial charge in [0.15, 0.2) is 0 Å². The van der Waals surface area contributed by atoms with E-state index in [2.05, 4.69) is 41.6 Å². The first-order valence-corrected chi connectivity index (χ1v) is 8.66. The SMILES string of the molecule is CCC(c1cccs1)N1CC2(CCCC2)NCC1C. The third-order valence-electron chi connectivity index (χ3n) is 5.04. The summed E-state index contributed by atoms with van der Waals surface area (Å²) in [6.07, 6.45) is 6.78. The first-order valence-electron chi connectivity index (χ1n) is 7.78. The molecule has 2 fully saturated rings. The van der Waals surface area contributed by atoms with E-state index < -0.39 is 0 Å². The molecule has 1 aromatic rings. The Morgan fingerprint density at radius 1 is 1.47 bits per heavy atom. The van der Waals surface area contributed by atoms with Crippen LogP contribution in [-0.4, -0.2) is 29.6 Å². The van der Waals surface area contributed by atoms with Crippen molar-refractivity contribution in [2.45, 2.75) is 63.6 Å². The average molecular weight is 278 g/mol. The largest absolute Gasteiger partial charge is 0.308 e. The monoisotopic (exact) mass is 278 g/mol. The highest BCUT2D eigenvalue weighted by molar-refractivity contribution is 7.10. The predicted molar refractivity (Wildman–Crippen MR) is 82.7 cm³/mol. The van der Waals surface area contributed by atoms with Crippen LogP contribution in [0.25, 0.3) is 0 Å². The van der Waals surface area contributed by atoms with E-state index in [9.17, 15) is 0 Å². The van der Waals surface area contributed by atoms with E-state index in [1.54, 1.807) is 4.88 Å². The van der Waals surface area contributed by atoms with E-state index in [1.807, 2.05) is 11.3 Å². The summed E-state index contributed by atoms with van der Waals surface area (Å²) in [5.41, 5.74) is 0.428. The summed E-state index contributed by atoms with van der Waals surface area (Å²) in [6.45, 7) is 7.11. The average Bonchev–Trinajstić information content (AvgIpc) is 3.07. The van der Waals surface area contributed by atoms with Crippen LogP contribution in [0.3, 0.4) is 0 Å². The molecule has 1 aliphatic carbocycles. The summed E-state index contributed by atoms with van der Waals surface area (Å²) in [5.74, 6) is 0. The zero-order valence-electron chi connectivity index (χ0n) is 12.2. The molecule has 0 bridgehead atoms. The van der Waals surface area contributed by atoms with Crippen molar-refractivity contribution in [3.63, 3.8) is 0 Å². The molecule has 0 amide bonds. The normalized spacial score (nSPS) is 28.8. The zero-order chi connectivity index (χ0) is 13.3. The molecule has 0 aromatic carbocycles. The second kappa shape index (κ2) is 5.55. The Kier molecular flexibility index (Phi) is 3.97. The quantitative estimate of drug-likeness (QED) is 0.904. The molecule has 2 aliphatic rings. The third kappa shape index (κ3) is 2.61. The summed E-state index contributed by atoms with van der Waals surface area (Å²) >= 11 is 1.92. The van der Waals surface area contributed by atoms with E-state index >= 15 is 0 Å². The Hall–Kier alpha value is -0.380. The first-order chi connectivity index (χ1) is 9.24. The second-order valence-electron chi connectivity index (χ2n) is 6.33. The van der Waals surface area contributed by atoms with Gasteiger partial charge in [0.05, 0.1) is 0 Å². The number of piperazine rings is 1. The Bertz CT molecular complexity index is 395. The topological polar surface area (TPSA) is 15.3 Å². The summed E-state index contributed by atoms with van der Waals surface area (Å²) < 4.78 is 0. The molecule has 1 spiro atoms. The molecule has 1 saturated heterocycles. The summed E-state index contributed by atoms with van der Waals surface area (Å²) in [4.78, 5) is 4.32. The summed E-state index contributed by atoms with van der Waals surface area (Å²) in [7, 11) is 0. The minimum absolute atomic E-state index is 0.428. The maximum absolute atomic E-state index is 3.86. The van der Waals surface area contributed by atoms with Crippen molar-refractivity contribution < 1.29 is 0 Å². The number of nitrogens with zero attached hydrogens (tertiary/aromatic N) is 1. The highest BCUT2D eigenvalue weighted by Gasteiger charge is 2.41. The maximum Gasteiger partial charge on any atom is 0.0443 e. The van der Waals surface area contributed by atoms with Gasteiger partial charge in [0.1, 0.15) is 0 Å². The molecule has 2 unspecified atom stereocenters. The Morgan fingerprint density at radius 2 is 2.26 bits per heavy atom. The fraction of sp³-hybridized carbons (Fsp3) is 0.750. The summed E-state index contributed by atoms with van der Waals surface area (Å²) in [6, 6.07) is 5.78. The van der Waals surface area contributed by atoms with Gasteiger partial charge in [-0.3, -0.25) is 4.90 Å². The number of hydrogen-bond donors (Lipinski definition) is 1. The minimum Gasteiger partial charge on any atom is -0.308 e. The van der Waals surface area contributed by atoms with E-state index in [0.29, 0.717) is 17.6 Å². The van der Waals surface area contributed by atoms with Crippen LogP contribution in [0.1, 0.15) is 56.9 Å². The van der Waals surface area contributed by atoms with Crippen molar-refractivity contribution in [3.05, 3.63) is 22.4 Å². The van der Waals surface area contributed by atoms with Gasteiger partial charge in [-0.15, -0.1) is 11.3 Å². The van der Waals surface area contributed by atoms with Crippen LogP contribution >= 0.6 is 11.3 Å². The van der Waals surface area contributed by atoms with E-state index in [0.717, 1.165) is 6.54 Å². The molecule has 1 N–H and O–H groups in total. The van der Waals surface area contributed by atoms with Crippen LogP contribution in [0.5, 0.6) is 0 Å². The van der Waals surface area contributed by atoms with Gasteiger partial charge in [0.2, 0.25) is 0 Å². The molecule has 0 radical (unpaired) electrons. The molecule has 2 heterocycles. The molecule has 1 aromatic heterocycles. The van der Waals surface area contributed by atoms with Crippen molar-refractivity contribution in [2.24, 2.45) is 0 Å². The maximum atomic E-state index is 3.86. The van der Waals surface area contributed by atoms with Crippen molar-refractivity contribution in [3.8, 4) is 0 Å². The molecule has 1 aliphatic heterocycles. The van der Waals surface area contributed by atoms with Crippen LogP contribution in [0.15, 0.2) is 17.5 Å². The minimum atomic E-state index is 0.428. The van der Waals surface area contributed by atoms with Crippen LogP contribution in [0, 0.1) is 0 Å². The highest BCUT2D eigenvalue weighted by Crippen LogP contribution is 2.38. The molecule has 2 atom stereocenters. The van der Waals surface area contributed by atoms with Gasteiger partial charge in [0.25, 0.3) is 0 Å². The molecule has 1 saturated carbocycles. The third-order valence-corrected chi connectivity index (χ3v) is 6.02. The van der Waals surface area contributed by atoms with Gasteiger partial charge in [0, 0.05) is 35.6 Å². The fourth-order valence-corrected chi connectivity index (χ4v) is 4.86. The van der Waals surface area contributed by atoms with Crippen molar-refractivity contribution in [1.29, 1.82) is 0 Å². The van der Waals surface area contributed by atoms with E-state index in [-0.39, 0.29) is 0 Å². The van der Waals surface area contributed by atoms with Gasteiger partial charge in [-0.2, -0.15) is 0 Å². The smallest absolute Gasteiger partial charge is 0.0443 e. The van der Waals surface area contributed by atoms with Gasteiger partial charge in [-0.1, -0.05) is 25.8 Å². The Labute approximate surface area is 121 Å². The van der Waals surface area contributed by atoms with Gasteiger partial charge < -0.3 is 5.32 Å². The summed E-state index contributed by atoms with van der Waals surface area (Å²) in [5, 5.41) is 6.08. The molecular weight excluding hydrogens is 252 g/mol. The number of thiophene rings is 1. The highest BCUT2D eigenvalue weighted by atomic mass is 32.1. The molecule has 106 valence electrons. The molecule has 19 heavy (non-hydrogen) atoms. The zero-order valence-corrected chi connectivity index (χ0v) is 13.0. The fourth-order valence-electron chi connectivity index (χ4n) is 3.93. The van der Waals surface area contributed by atoms with Crippen molar-refractivity contribution in [1.82, 2.24) is 10.2 Å². The van der Waals surface area contributed by atoms with Crippen molar-refractivity contribution >= 4 is 11.3 Å². The van der Waals surface area contributed by atoms with Crippen LogP contribution in [-0.2, 0) is 0 Å². The van der Waals surface area contributed by atoms with Crippen LogP contribution in [0.2, 0.25) is 0 Å². The van der Waals surface area contributed by atoms with Crippen LogP contribution in [0.4, 0.5) is 0 Å². The molecule has 3 rings (SSSR count). The van der Waals surface area contributed by atoms with Gasteiger partial charge in [-0.05, 0) is 37.6 Å². The van der Waals surface area contributed by atoms with E-state index in [4.69, 9.17) is 0 Å². The Morgan fingerprint density at radius 3 is 2.89 bits per heavy atom. The molecule has 3 heteroatoms.